The SMILES string of the molecule is COc1ccc(NS(=O)(=O)c2ccc(F)c(N)c2F)cn1. The molecule has 0 amide bonds. The summed E-state index contributed by atoms with van der Waals surface area (Å²) in [6.07, 6.45) is 1.20. The van der Waals surface area contributed by atoms with Crippen LogP contribution in [-0.4, -0.2) is 20.5 Å². The first kappa shape index (κ1) is 15.0. The van der Waals surface area contributed by atoms with E-state index in [0.29, 0.717) is 0 Å². The van der Waals surface area contributed by atoms with Gasteiger partial charge in [-0.25, -0.2) is 22.2 Å². The normalized spacial score (nSPS) is 11.2. The van der Waals surface area contributed by atoms with E-state index in [-0.39, 0.29) is 11.6 Å². The Morgan fingerprint density at radius 2 is 1.95 bits per heavy atom. The van der Waals surface area contributed by atoms with Crippen LogP contribution < -0.4 is 15.2 Å². The van der Waals surface area contributed by atoms with Crippen molar-refractivity contribution in [1.29, 1.82) is 0 Å². The number of methoxy groups -OCH3 is 1. The molecular formula is C12H11F2N3O3S. The average molecular weight is 315 g/mol. The second-order valence-corrected chi connectivity index (χ2v) is 5.62. The first-order chi connectivity index (χ1) is 9.85. The number of aromatic nitrogens is 1. The Balaban J connectivity index is 2.36. The first-order valence-electron chi connectivity index (χ1n) is 5.61. The number of hydrogen-bond donors (Lipinski definition) is 2. The predicted octanol–water partition coefficient (Wildman–Crippen LogP) is 1.75. The molecule has 0 fully saturated rings. The van der Waals surface area contributed by atoms with Gasteiger partial charge in [-0.05, 0) is 18.2 Å². The number of benzene rings is 1. The second kappa shape index (κ2) is 5.52. The molecule has 0 unspecified atom stereocenters. The third kappa shape index (κ3) is 3.02. The van der Waals surface area contributed by atoms with Gasteiger partial charge in [0, 0.05) is 6.07 Å². The molecular weight excluding hydrogens is 304 g/mol. The Hall–Kier alpha value is -2.42. The summed E-state index contributed by atoms with van der Waals surface area (Å²) in [6, 6.07) is 4.38. The average Bonchev–Trinajstić information content (AvgIpc) is 2.45. The van der Waals surface area contributed by atoms with Crippen LogP contribution in [0.3, 0.4) is 0 Å². The maximum Gasteiger partial charge on any atom is 0.264 e. The summed E-state index contributed by atoms with van der Waals surface area (Å²) in [5, 5.41) is 0. The molecule has 0 aliphatic rings. The number of sulfonamides is 1. The van der Waals surface area contributed by atoms with E-state index in [9.17, 15) is 17.2 Å². The van der Waals surface area contributed by atoms with Gasteiger partial charge < -0.3 is 10.5 Å². The zero-order valence-corrected chi connectivity index (χ0v) is 11.6. The molecule has 1 aromatic heterocycles. The van der Waals surface area contributed by atoms with Gasteiger partial charge in [0.25, 0.3) is 10.0 Å². The van der Waals surface area contributed by atoms with Crippen molar-refractivity contribution in [3.05, 3.63) is 42.1 Å². The Kier molecular flexibility index (Phi) is 3.94. The summed E-state index contributed by atoms with van der Waals surface area (Å²) in [5.41, 5.74) is 4.38. The molecule has 0 saturated carbocycles. The standard InChI is InChI=1S/C12H11F2N3O3S/c1-20-10-5-2-7(6-16-10)17-21(18,19)9-4-3-8(13)12(15)11(9)14/h2-6,17H,15H2,1H3. The molecule has 2 aromatic rings. The van der Waals surface area contributed by atoms with Crippen molar-refractivity contribution >= 4 is 21.4 Å². The van der Waals surface area contributed by atoms with Crippen LogP contribution in [0.15, 0.2) is 35.4 Å². The highest BCUT2D eigenvalue weighted by Gasteiger charge is 2.22. The fourth-order valence-corrected chi connectivity index (χ4v) is 2.66. The lowest BCUT2D eigenvalue weighted by Crippen LogP contribution is -2.16. The lowest BCUT2D eigenvalue weighted by atomic mass is 10.3. The molecule has 0 atom stereocenters. The number of rotatable bonds is 4. The second-order valence-electron chi connectivity index (χ2n) is 3.97. The van der Waals surface area contributed by atoms with Gasteiger partial charge >= 0.3 is 0 Å². The van der Waals surface area contributed by atoms with Crippen LogP contribution in [0.1, 0.15) is 0 Å². The molecule has 1 aromatic carbocycles. The van der Waals surface area contributed by atoms with Crippen LogP contribution in [0.4, 0.5) is 20.2 Å². The molecule has 112 valence electrons. The van der Waals surface area contributed by atoms with E-state index in [2.05, 4.69) is 9.71 Å². The van der Waals surface area contributed by atoms with Crippen LogP contribution >= 0.6 is 0 Å². The van der Waals surface area contributed by atoms with Gasteiger partial charge in [0.1, 0.15) is 16.4 Å². The molecule has 0 saturated heterocycles. The molecule has 0 aliphatic heterocycles. The Morgan fingerprint density at radius 3 is 2.52 bits per heavy atom. The number of pyridine rings is 1. The lowest BCUT2D eigenvalue weighted by Gasteiger charge is -2.10. The number of ether oxygens (including phenoxy) is 1. The van der Waals surface area contributed by atoms with Crippen molar-refractivity contribution in [2.45, 2.75) is 4.90 Å². The molecule has 0 bridgehead atoms. The molecule has 2 rings (SSSR count). The van der Waals surface area contributed by atoms with Crippen molar-refractivity contribution in [2.75, 3.05) is 17.6 Å². The Bertz CT molecular complexity index is 764. The number of hydrogen-bond acceptors (Lipinski definition) is 5. The number of halogens is 2. The van der Waals surface area contributed by atoms with Crippen LogP contribution in [0, 0.1) is 11.6 Å². The van der Waals surface area contributed by atoms with Gasteiger partial charge in [-0.15, -0.1) is 0 Å². The minimum absolute atomic E-state index is 0.0955. The maximum absolute atomic E-state index is 13.8. The Morgan fingerprint density at radius 1 is 1.24 bits per heavy atom. The highest BCUT2D eigenvalue weighted by atomic mass is 32.2. The zero-order chi connectivity index (χ0) is 15.6. The van der Waals surface area contributed by atoms with Crippen molar-refractivity contribution < 1.29 is 21.9 Å². The molecule has 0 spiro atoms. The van der Waals surface area contributed by atoms with Gasteiger partial charge in [0.2, 0.25) is 5.88 Å². The quantitative estimate of drug-likeness (QED) is 0.838. The van der Waals surface area contributed by atoms with Gasteiger partial charge in [0.15, 0.2) is 5.82 Å². The summed E-state index contributed by atoms with van der Waals surface area (Å²) >= 11 is 0. The van der Waals surface area contributed by atoms with E-state index in [1.165, 1.54) is 25.4 Å². The highest BCUT2D eigenvalue weighted by Crippen LogP contribution is 2.24. The summed E-state index contributed by atoms with van der Waals surface area (Å²) in [6.45, 7) is 0. The van der Waals surface area contributed by atoms with E-state index >= 15 is 0 Å². The highest BCUT2D eigenvalue weighted by molar-refractivity contribution is 7.92. The minimum atomic E-state index is -4.26. The molecule has 6 nitrogen and oxygen atoms in total. The first-order valence-corrected chi connectivity index (χ1v) is 7.10. The molecule has 0 aliphatic carbocycles. The molecule has 21 heavy (non-hydrogen) atoms. The van der Waals surface area contributed by atoms with Crippen molar-refractivity contribution in [3.63, 3.8) is 0 Å². The van der Waals surface area contributed by atoms with Crippen molar-refractivity contribution in [1.82, 2.24) is 4.98 Å². The molecule has 0 radical (unpaired) electrons. The van der Waals surface area contributed by atoms with Gasteiger partial charge in [-0.2, -0.15) is 0 Å². The van der Waals surface area contributed by atoms with E-state index < -0.39 is 32.2 Å². The summed E-state index contributed by atoms with van der Waals surface area (Å²) in [4.78, 5) is 3.05. The third-order valence-corrected chi connectivity index (χ3v) is 3.98. The van der Waals surface area contributed by atoms with Crippen LogP contribution in [0.25, 0.3) is 0 Å². The van der Waals surface area contributed by atoms with E-state index in [0.717, 1.165) is 12.1 Å². The van der Waals surface area contributed by atoms with E-state index in [4.69, 9.17) is 10.5 Å². The summed E-state index contributed by atoms with van der Waals surface area (Å²) in [7, 11) is -2.85. The van der Waals surface area contributed by atoms with Gasteiger partial charge in [0.05, 0.1) is 19.0 Å². The number of nitrogen functional groups attached to an aromatic ring is 1. The number of nitrogens with zero attached hydrogens (tertiary/aromatic N) is 1. The van der Waals surface area contributed by atoms with Crippen molar-refractivity contribution in [3.8, 4) is 5.88 Å². The Labute approximate surface area is 119 Å². The van der Waals surface area contributed by atoms with Gasteiger partial charge in [-0.3, -0.25) is 4.72 Å². The monoisotopic (exact) mass is 315 g/mol. The van der Waals surface area contributed by atoms with Gasteiger partial charge in [-0.1, -0.05) is 0 Å². The van der Waals surface area contributed by atoms with E-state index in [1.807, 2.05) is 0 Å². The third-order valence-electron chi connectivity index (χ3n) is 2.58. The molecule has 1 heterocycles. The number of anilines is 2. The van der Waals surface area contributed by atoms with Crippen molar-refractivity contribution in [2.24, 2.45) is 0 Å². The maximum atomic E-state index is 13.8. The number of nitrogens with two attached hydrogens (primary N) is 1. The lowest BCUT2D eigenvalue weighted by molar-refractivity contribution is 0.398. The zero-order valence-electron chi connectivity index (χ0n) is 10.8. The van der Waals surface area contributed by atoms with Crippen LogP contribution in [-0.2, 0) is 10.0 Å². The predicted molar refractivity (Wildman–Crippen MR) is 72.4 cm³/mol. The summed E-state index contributed by atoms with van der Waals surface area (Å²) in [5.74, 6) is -2.09. The smallest absolute Gasteiger partial charge is 0.264 e. The fourth-order valence-electron chi connectivity index (χ4n) is 1.53. The van der Waals surface area contributed by atoms with E-state index in [1.54, 1.807) is 0 Å². The molecule has 9 heteroatoms. The topological polar surface area (TPSA) is 94.3 Å². The van der Waals surface area contributed by atoms with Crippen LogP contribution in [0.2, 0.25) is 0 Å². The summed E-state index contributed by atoms with van der Waals surface area (Å²) < 4.78 is 57.9. The minimum Gasteiger partial charge on any atom is -0.481 e. The molecule has 3 N–H and O–H groups in total. The largest absolute Gasteiger partial charge is 0.481 e. The van der Waals surface area contributed by atoms with Crippen LogP contribution in [0.5, 0.6) is 5.88 Å². The fraction of sp³-hybridized carbons (Fsp3) is 0.0833. The number of nitrogens with one attached hydrogen (secondary N) is 1.